The molecule has 1 rings (SSSR count). The van der Waals surface area contributed by atoms with Crippen molar-refractivity contribution in [2.24, 2.45) is 0 Å². The van der Waals surface area contributed by atoms with Gasteiger partial charge in [-0.25, -0.2) is 4.21 Å². The average Bonchev–Trinajstić information content (AvgIpc) is 2.06. The molecule has 0 aromatic heterocycles. The molecule has 1 atom stereocenters. The van der Waals surface area contributed by atoms with Crippen molar-refractivity contribution in [3.8, 4) is 0 Å². The Morgan fingerprint density at radius 2 is 1.83 bits per heavy atom. The Balaban J connectivity index is 2.24. The molecule has 0 aromatic carbocycles. The molecule has 0 spiro atoms. The largest absolute Gasteiger partial charge is 0.287 e. The van der Waals surface area contributed by atoms with Crippen LogP contribution in [-0.4, -0.2) is 15.6 Å². The highest BCUT2D eigenvalue weighted by atomic mass is 32.2. The molecule has 3 heteroatoms. The molecule has 1 aliphatic rings. The molecule has 0 heterocycles. The first-order valence-corrected chi connectivity index (χ1v) is 5.91. The lowest BCUT2D eigenvalue weighted by molar-refractivity contribution is 0.172. The van der Waals surface area contributed by atoms with Crippen LogP contribution in [0.15, 0.2) is 0 Å². The van der Waals surface area contributed by atoms with Gasteiger partial charge in [-0.1, -0.05) is 19.3 Å². The van der Waals surface area contributed by atoms with Gasteiger partial charge in [0.15, 0.2) is 11.1 Å². The van der Waals surface area contributed by atoms with Crippen LogP contribution >= 0.6 is 0 Å². The Kier molecular flexibility index (Phi) is 4.22. The lowest BCUT2D eigenvalue weighted by Crippen LogP contribution is -2.21. The fraction of sp³-hybridized carbons (Fsp3) is 1.00. The van der Waals surface area contributed by atoms with Crippen molar-refractivity contribution in [2.75, 3.05) is 0 Å². The van der Waals surface area contributed by atoms with Crippen LogP contribution in [0.1, 0.15) is 46.0 Å². The van der Waals surface area contributed by atoms with Crippen LogP contribution in [0, 0.1) is 0 Å². The fourth-order valence-corrected chi connectivity index (χ4v) is 2.09. The number of rotatable bonds is 3. The standard InChI is InChI=1S/C9H18O2S/c1-8(2)12(10)11-9-6-4-3-5-7-9/h8-9H,3-7H2,1-2H3. The van der Waals surface area contributed by atoms with Gasteiger partial charge in [-0.15, -0.1) is 0 Å². The Morgan fingerprint density at radius 3 is 2.33 bits per heavy atom. The Hall–Kier alpha value is 0.110. The second-order valence-corrected chi connectivity index (χ2v) is 5.32. The van der Waals surface area contributed by atoms with Gasteiger partial charge in [0, 0.05) is 0 Å². The van der Waals surface area contributed by atoms with E-state index in [1.165, 1.54) is 19.3 Å². The summed E-state index contributed by atoms with van der Waals surface area (Å²) < 4.78 is 16.7. The summed E-state index contributed by atoms with van der Waals surface area (Å²) in [5.41, 5.74) is 0. The van der Waals surface area contributed by atoms with E-state index in [-0.39, 0.29) is 11.4 Å². The maximum absolute atomic E-state index is 11.3. The summed E-state index contributed by atoms with van der Waals surface area (Å²) in [5.74, 6) is 0. The molecule has 1 unspecified atom stereocenters. The summed E-state index contributed by atoms with van der Waals surface area (Å²) in [5, 5.41) is 0.131. The molecular weight excluding hydrogens is 172 g/mol. The monoisotopic (exact) mass is 190 g/mol. The van der Waals surface area contributed by atoms with Crippen LogP contribution in [0.5, 0.6) is 0 Å². The summed E-state index contributed by atoms with van der Waals surface area (Å²) in [6.45, 7) is 3.86. The molecule has 72 valence electrons. The maximum atomic E-state index is 11.3. The summed E-state index contributed by atoms with van der Waals surface area (Å²) in [6.07, 6.45) is 6.24. The topological polar surface area (TPSA) is 26.3 Å². The lowest BCUT2D eigenvalue weighted by atomic mass is 9.98. The normalized spacial score (nSPS) is 22.9. The van der Waals surface area contributed by atoms with Gasteiger partial charge in [0.25, 0.3) is 0 Å². The first-order valence-electron chi connectivity index (χ1n) is 4.78. The van der Waals surface area contributed by atoms with E-state index in [4.69, 9.17) is 4.18 Å². The molecule has 0 aliphatic heterocycles. The van der Waals surface area contributed by atoms with Crippen LogP contribution in [0.4, 0.5) is 0 Å². The van der Waals surface area contributed by atoms with E-state index < -0.39 is 11.1 Å². The quantitative estimate of drug-likeness (QED) is 0.683. The Morgan fingerprint density at radius 1 is 1.25 bits per heavy atom. The molecule has 0 radical (unpaired) electrons. The van der Waals surface area contributed by atoms with Crippen molar-refractivity contribution >= 4 is 11.1 Å². The molecule has 0 saturated heterocycles. The fourth-order valence-electron chi connectivity index (χ4n) is 1.41. The van der Waals surface area contributed by atoms with Gasteiger partial charge in [0.05, 0.1) is 11.4 Å². The second-order valence-electron chi connectivity index (χ2n) is 3.67. The summed E-state index contributed by atoms with van der Waals surface area (Å²) in [4.78, 5) is 0. The van der Waals surface area contributed by atoms with Crippen molar-refractivity contribution in [3.05, 3.63) is 0 Å². The molecule has 12 heavy (non-hydrogen) atoms. The van der Waals surface area contributed by atoms with Crippen molar-refractivity contribution in [2.45, 2.75) is 57.3 Å². The molecule has 2 nitrogen and oxygen atoms in total. The molecule has 1 aliphatic carbocycles. The van der Waals surface area contributed by atoms with Gasteiger partial charge in [0.1, 0.15) is 0 Å². The van der Waals surface area contributed by atoms with Crippen LogP contribution < -0.4 is 0 Å². The summed E-state index contributed by atoms with van der Waals surface area (Å²) in [6, 6.07) is 0. The van der Waals surface area contributed by atoms with E-state index in [0.29, 0.717) is 0 Å². The average molecular weight is 190 g/mol. The third kappa shape index (κ3) is 3.23. The molecule has 0 amide bonds. The predicted molar refractivity (Wildman–Crippen MR) is 51.2 cm³/mol. The van der Waals surface area contributed by atoms with Crippen LogP contribution in [-0.2, 0) is 15.3 Å². The highest BCUT2D eigenvalue weighted by molar-refractivity contribution is 7.80. The molecule has 0 N–H and O–H groups in total. The minimum absolute atomic E-state index is 0.131. The first kappa shape index (κ1) is 10.2. The van der Waals surface area contributed by atoms with Gasteiger partial charge in [-0.05, 0) is 26.7 Å². The molecule has 0 aromatic rings. The molecule has 1 saturated carbocycles. The minimum Gasteiger partial charge on any atom is -0.287 e. The number of hydrogen-bond donors (Lipinski definition) is 0. The van der Waals surface area contributed by atoms with E-state index in [1.807, 2.05) is 13.8 Å². The van der Waals surface area contributed by atoms with Gasteiger partial charge in [-0.3, -0.25) is 4.18 Å². The van der Waals surface area contributed by atoms with E-state index in [9.17, 15) is 4.21 Å². The van der Waals surface area contributed by atoms with Gasteiger partial charge in [-0.2, -0.15) is 0 Å². The van der Waals surface area contributed by atoms with Gasteiger partial charge in [0.2, 0.25) is 0 Å². The Bertz CT molecular complexity index is 151. The third-order valence-electron chi connectivity index (χ3n) is 2.17. The van der Waals surface area contributed by atoms with E-state index >= 15 is 0 Å². The highest BCUT2D eigenvalue weighted by Crippen LogP contribution is 2.21. The van der Waals surface area contributed by atoms with E-state index in [0.717, 1.165) is 12.8 Å². The number of hydrogen-bond acceptors (Lipinski definition) is 2. The second kappa shape index (κ2) is 4.97. The summed E-state index contributed by atoms with van der Waals surface area (Å²) in [7, 11) is 0. The zero-order chi connectivity index (χ0) is 8.97. The minimum atomic E-state index is -1.07. The van der Waals surface area contributed by atoms with Crippen LogP contribution in [0.25, 0.3) is 0 Å². The Labute approximate surface area is 77.3 Å². The lowest BCUT2D eigenvalue weighted by Gasteiger charge is -2.21. The third-order valence-corrected chi connectivity index (χ3v) is 3.40. The smallest absolute Gasteiger partial charge is 0.158 e. The van der Waals surface area contributed by atoms with Crippen molar-refractivity contribution in [1.82, 2.24) is 0 Å². The SMILES string of the molecule is CC(C)S(=O)OC1CCCCC1. The summed E-state index contributed by atoms with van der Waals surface area (Å²) >= 11 is -1.07. The van der Waals surface area contributed by atoms with E-state index in [2.05, 4.69) is 0 Å². The van der Waals surface area contributed by atoms with Gasteiger partial charge < -0.3 is 0 Å². The molecule has 1 fully saturated rings. The zero-order valence-corrected chi connectivity index (χ0v) is 8.73. The first-order chi connectivity index (χ1) is 5.70. The van der Waals surface area contributed by atoms with E-state index in [1.54, 1.807) is 0 Å². The maximum Gasteiger partial charge on any atom is 0.158 e. The van der Waals surface area contributed by atoms with Crippen molar-refractivity contribution < 1.29 is 8.39 Å². The van der Waals surface area contributed by atoms with Crippen LogP contribution in [0.3, 0.4) is 0 Å². The zero-order valence-electron chi connectivity index (χ0n) is 7.91. The van der Waals surface area contributed by atoms with Crippen molar-refractivity contribution in [1.29, 1.82) is 0 Å². The van der Waals surface area contributed by atoms with Crippen LogP contribution in [0.2, 0.25) is 0 Å². The highest BCUT2D eigenvalue weighted by Gasteiger charge is 2.18. The molecule has 0 bridgehead atoms. The van der Waals surface area contributed by atoms with Crippen molar-refractivity contribution in [3.63, 3.8) is 0 Å². The van der Waals surface area contributed by atoms with Gasteiger partial charge >= 0.3 is 0 Å². The molecular formula is C9H18O2S. The predicted octanol–water partition coefficient (Wildman–Crippen LogP) is 2.41.